The van der Waals surface area contributed by atoms with E-state index in [0.717, 1.165) is 36.0 Å². The van der Waals surface area contributed by atoms with Crippen LogP contribution in [-0.4, -0.2) is 19.0 Å². The zero-order valence-corrected chi connectivity index (χ0v) is 13.5. The molecule has 1 fully saturated rings. The van der Waals surface area contributed by atoms with Gasteiger partial charge in [0.15, 0.2) is 0 Å². The summed E-state index contributed by atoms with van der Waals surface area (Å²) in [6, 6.07) is 7.88. The van der Waals surface area contributed by atoms with Crippen LogP contribution in [0.5, 0.6) is 0 Å². The highest BCUT2D eigenvalue weighted by Gasteiger charge is 2.22. The number of nitrogens with one attached hydrogen (secondary N) is 1. The highest BCUT2D eigenvalue weighted by Crippen LogP contribution is 2.33. The fourth-order valence-corrected chi connectivity index (χ4v) is 4.26. The number of hydrogen-bond donors (Lipinski definition) is 3. The van der Waals surface area contributed by atoms with Crippen LogP contribution < -0.4 is 16.8 Å². The number of nitrogens with two attached hydrogens (primary N) is 2. The average Bonchev–Trinajstić information content (AvgIpc) is 2.89. The topological polar surface area (TPSA) is 81.1 Å². The van der Waals surface area contributed by atoms with Crippen LogP contribution in [0.4, 0.5) is 5.00 Å². The van der Waals surface area contributed by atoms with E-state index in [1.165, 1.54) is 24.2 Å². The van der Waals surface area contributed by atoms with Gasteiger partial charge in [-0.05, 0) is 50.1 Å². The molecular formula is C17H23N3OS. The van der Waals surface area contributed by atoms with Crippen molar-refractivity contribution >= 4 is 32.3 Å². The van der Waals surface area contributed by atoms with Gasteiger partial charge in [0.2, 0.25) is 0 Å². The Morgan fingerprint density at radius 2 is 1.86 bits per heavy atom. The second-order valence-corrected chi connectivity index (χ2v) is 7.25. The van der Waals surface area contributed by atoms with Gasteiger partial charge in [-0.25, -0.2) is 0 Å². The first-order chi connectivity index (χ1) is 10.7. The molecule has 0 bridgehead atoms. The lowest BCUT2D eigenvalue weighted by Gasteiger charge is -2.27. The predicted octanol–water partition coefficient (Wildman–Crippen LogP) is 2.98. The summed E-state index contributed by atoms with van der Waals surface area (Å²) in [5, 5.41) is 4.63. The van der Waals surface area contributed by atoms with E-state index in [1.54, 1.807) is 0 Å². The maximum atomic E-state index is 12.5. The monoisotopic (exact) mass is 317 g/mol. The Kier molecular flexibility index (Phi) is 4.64. The Morgan fingerprint density at radius 3 is 2.59 bits per heavy atom. The number of carbonyl (C=O) groups excluding carboxylic acids is 1. The summed E-state index contributed by atoms with van der Waals surface area (Å²) in [5.41, 5.74) is 12.4. The smallest absolute Gasteiger partial charge is 0.254 e. The van der Waals surface area contributed by atoms with Gasteiger partial charge in [-0.15, -0.1) is 11.3 Å². The summed E-state index contributed by atoms with van der Waals surface area (Å²) in [4.78, 5) is 12.5. The maximum Gasteiger partial charge on any atom is 0.254 e. The van der Waals surface area contributed by atoms with Crippen molar-refractivity contribution in [2.75, 3.05) is 18.8 Å². The van der Waals surface area contributed by atoms with E-state index in [-0.39, 0.29) is 5.91 Å². The van der Waals surface area contributed by atoms with Crippen LogP contribution in [0.1, 0.15) is 36.0 Å². The second-order valence-electron chi connectivity index (χ2n) is 6.17. The lowest BCUT2D eigenvalue weighted by atomic mass is 9.82. The van der Waals surface area contributed by atoms with Crippen molar-refractivity contribution in [3.05, 3.63) is 29.8 Å². The number of anilines is 1. The summed E-state index contributed by atoms with van der Waals surface area (Å²) in [5.74, 6) is 1.19. The van der Waals surface area contributed by atoms with Gasteiger partial charge in [0, 0.05) is 16.6 Å². The first-order valence-electron chi connectivity index (χ1n) is 7.94. The number of hydrogen-bond acceptors (Lipinski definition) is 4. The van der Waals surface area contributed by atoms with Crippen molar-refractivity contribution in [3.8, 4) is 0 Å². The zero-order valence-electron chi connectivity index (χ0n) is 12.7. The molecule has 5 heteroatoms. The van der Waals surface area contributed by atoms with Crippen LogP contribution in [0.15, 0.2) is 24.3 Å². The van der Waals surface area contributed by atoms with Crippen LogP contribution in [0.3, 0.4) is 0 Å². The molecule has 0 atom stereocenters. The Morgan fingerprint density at radius 1 is 1.18 bits per heavy atom. The summed E-state index contributed by atoms with van der Waals surface area (Å²) < 4.78 is 1.06. The molecule has 1 aliphatic rings. The minimum absolute atomic E-state index is 0.0455. The fraction of sp³-hybridized carbons (Fsp3) is 0.471. The zero-order chi connectivity index (χ0) is 15.5. The van der Waals surface area contributed by atoms with Crippen molar-refractivity contribution in [2.45, 2.75) is 25.7 Å². The molecule has 3 rings (SSSR count). The van der Waals surface area contributed by atoms with Gasteiger partial charge in [0.1, 0.15) is 0 Å². The fourth-order valence-electron chi connectivity index (χ4n) is 3.30. The Hall–Kier alpha value is -1.59. The van der Waals surface area contributed by atoms with Crippen molar-refractivity contribution in [1.82, 2.24) is 5.32 Å². The molecule has 1 aromatic heterocycles. The Balaban J connectivity index is 1.63. The van der Waals surface area contributed by atoms with Gasteiger partial charge in [-0.2, -0.15) is 0 Å². The molecule has 0 radical (unpaired) electrons. The SMILES string of the molecule is NCC1CCC(CNC(=O)c2c(N)sc3ccccc23)CC1. The van der Waals surface area contributed by atoms with E-state index in [4.69, 9.17) is 11.5 Å². The molecule has 1 aromatic carbocycles. The first kappa shape index (κ1) is 15.3. The van der Waals surface area contributed by atoms with Gasteiger partial charge in [0.05, 0.1) is 10.6 Å². The number of rotatable bonds is 4. The average molecular weight is 317 g/mol. The van der Waals surface area contributed by atoms with E-state index in [9.17, 15) is 4.79 Å². The molecular weight excluding hydrogens is 294 g/mol. The van der Waals surface area contributed by atoms with Crippen molar-refractivity contribution in [3.63, 3.8) is 0 Å². The van der Waals surface area contributed by atoms with Crippen molar-refractivity contribution in [1.29, 1.82) is 0 Å². The third kappa shape index (κ3) is 3.10. The van der Waals surface area contributed by atoms with Crippen LogP contribution in [-0.2, 0) is 0 Å². The predicted molar refractivity (Wildman–Crippen MR) is 93.1 cm³/mol. The normalized spacial score (nSPS) is 21.9. The van der Waals surface area contributed by atoms with Gasteiger partial charge < -0.3 is 16.8 Å². The summed E-state index contributed by atoms with van der Waals surface area (Å²) in [6.07, 6.45) is 4.67. The Labute approximate surface area is 134 Å². The molecule has 1 aliphatic carbocycles. The quantitative estimate of drug-likeness (QED) is 0.811. The number of carbonyl (C=O) groups is 1. The minimum atomic E-state index is -0.0455. The van der Waals surface area contributed by atoms with Crippen molar-refractivity contribution in [2.24, 2.45) is 17.6 Å². The number of amides is 1. The second kappa shape index (κ2) is 6.67. The summed E-state index contributed by atoms with van der Waals surface area (Å²) in [7, 11) is 0. The molecule has 0 unspecified atom stereocenters. The molecule has 118 valence electrons. The van der Waals surface area contributed by atoms with Crippen LogP contribution in [0, 0.1) is 11.8 Å². The molecule has 0 spiro atoms. The molecule has 0 saturated heterocycles. The molecule has 22 heavy (non-hydrogen) atoms. The molecule has 1 heterocycles. The van der Waals surface area contributed by atoms with E-state index in [0.29, 0.717) is 22.4 Å². The van der Waals surface area contributed by atoms with Crippen molar-refractivity contribution < 1.29 is 4.79 Å². The maximum absolute atomic E-state index is 12.5. The lowest BCUT2D eigenvalue weighted by molar-refractivity contribution is 0.0944. The molecule has 0 aliphatic heterocycles. The third-order valence-corrected chi connectivity index (χ3v) is 5.70. The number of benzene rings is 1. The van der Waals surface area contributed by atoms with E-state index >= 15 is 0 Å². The van der Waals surface area contributed by atoms with E-state index in [2.05, 4.69) is 5.32 Å². The summed E-state index contributed by atoms with van der Waals surface area (Å²) in [6.45, 7) is 1.52. The molecule has 2 aromatic rings. The molecule has 5 N–H and O–H groups in total. The van der Waals surface area contributed by atoms with E-state index in [1.807, 2.05) is 24.3 Å². The lowest BCUT2D eigenvalue weighted by Crippen LogP contribution is -2.32. The minimum Gasteiger partial charge on any atom is -0.390 e. The molecule has 1 amide bonds. The first-order valence-corrected chi connectivity index (χ1v) is 8.76. The van der Waals surface area contributed by atoms with Crippen LogP contribution >= 0.6 is 11.3 Å². The highest BCUT2D eigenvalue weighted by atomic mass is 32.1. The van der Waals surface area contributed by atoms with Gasteiger partial charge in [-0.1, -0.05) is 18.2 Å². The summed E-state index contributed by atoms with van der Waals surface area (Å²) >= 11 is 1.47. The third-order valence-electron chi connectivity index (χ3n) is 4.70. The number of fused-ring (bicyclic) bond motifs is 1. The van der Waals surface area contributed by atoms with Gasteiger partial charge >= 0.3 is 0 Å². The van der Waals surface area contributed by atoms with E-state index < -0.39 is 0 Å². The van der Waals surface area contributed by atoms with Gasteiger partial charge in [-0.3, -0.25) is 4.79 Å². The van der Waals surface area contributed by atoms with Crippen LogP contribution in [0.2, 0.25) is 0 Å². The van der Waals surface area contributed by atoms with Crippen LogP contribution in [0.25, 0.3) is 10.1 Å². The Bertz CT molecular complexity index is 659. The largest absolute Gasteiger partial charge is 0.390 e. The number of thiophene rings is 1. The standard InChI is InChI=1S/C17H23N3OS/c18-9-11-5-7-12(8-6-11)10-20-17(21)15-13-3-1-2-4-14(13)22-16(15)19/h1-4,11-12H,5-10,18-19H2,(H,20,21). The van der Waals surface area contributed by atoms with Gasteiger partial charge in [0.25, 0.3) is 5.91 Å². The highest BCUT2D eigenvalue weighted by molar-refractivity contribution is 7.23. The molecule has 4 nitrogen and oxygen atoms in total. The number of nitrogen functional groups attached to an aromatic ring is 1. The molecule has 1 saturated carbocycles.